The van der Waals surface area contributed by atoms with Crippen LogP contribution in [0.1, 0.15) is 18.9 Å². The second kappa shape index (κ2) is 9.26. The summed E-state index contributed by atoms with van der Waals surface area (Å²) in [4.78, 5) is 16.2. The lowest BCUT2D eigenvalue weighted by Crippen LogP contribution is -2.52. The second-order valence-electron chi connectivity index (χ2n) is 6.62. The van der Waals surface area contributed by atoms with Gasteiger partial charge in [-0.3, -0.25) is 0 Å². The monoisotopic (exact) mass is 371 g/mol. The van der Waals surface area contributed by atoms with Crippen LogP contribution in [0.2, 0.25) is 0 Å². The highest BCUT2D eigenvalue weighted by atomic mass is 19.1. The van der Waals surface area contributed by atoms with E-state index in [9.17, 15) is 9.18 Å². The van der Waals surface area contributed by atoms with E-state index in [-0.39, 0.29) is 11.8 Å². The molecule has 2 aromatic rings. The number of rotatable bonds is 6. The Kier molecular flexibility index (Phi) is 6.52. The Hall–Kier alpha value is -2.76. The quantitative estimate of drug-likeness (QED) is 0.843. The Morgan fingerprint density at radius 2 is 1.89 bits per heavy atom. The van der Waals surface area contributed by atoms with E-state index in [1.165, 1.54) is 12.1 Å². The first-order chi connectivity index (χ1) is 13.2. The highest BCUT2D eigenvalue weighted by Crippen LogP contribution is 2.23. The molecule has 2 aromatic carbocycles. The van der Waals surface area contributed by atoms with Crippen LogP contribution >= 0.6 is 0 Å². The van der Waals surface area contributed by atoms with Gasteiger partial charge in [-0.15, -0.1) is 0 Å². The van der Waals surface area contributed by atoms with Gasteiger partial charge in [0.05, 0.1) is 0 Å². The standard InChI is InChI=1S/C21H26FN3O2/c1-2-9-23-21(26)25-12-10-24(11-13-25)19-7-4-8-20(15-19)27-16-17-5-3-6-18(22)14-17/h3-8,14-15H,2,9-13,16H2,1H3,(H,23,26). The zero-order valence-corrected chi connectivity index (χ0v) is 15.7. The van der Waals surface area contributed by atoms with Gasteiger partial charge in [-0.25, -0.2) is 9.18 Å². The fourth-order valence-electron chi connectivity index (χ4n) is 3.07. The fourth-order valence-corrected chi connectivity index (χ4v) is 3.07. The summed E-state index contributed by atoms with van der Waals surface area (Å²) in [5.41, 5.74) is 1.87. The van der Waals surface area contributed by atoms with Crippen LogP contribution < -0.4 is 15.0 Å². The summed E-state index contributed by atoms with van der Waals surface area (Å²) in [7, 11) is 0. The number of anilines is 1. The number of benzene rings is 2. The molecule has 1 heterocycles. The van der Waals surface area contributed by atoms with E-state index >= 15 is 0 Å². The SMILES string of the molecule is CCCNC(=O)N1CCN(c2cccc(OCc3cccc(F)c3)c2)CC1. The Morgan fingerprint density at radius 1 is 1.11 bits per heavy atom. The van der Waals surface area contributed by atoms with Gasteiger partial charge >= 0.3 is 6.03 Å². The number of carbonyl (C=O) groups excluding carboxylic acids is 1. The van der Waals surface area contributed by atoms with E-state index in [1.807, 2.05) is 42.2 Å². The van der Waals surface area contributed by atoms with Gasteiger partial charge in [-0.05, 0) is 36.2 Å². The third kappa shape index (κ3) is 5.36. The summed E-state index contributed by atoms with van der Waals surface area (Å²) in [6, 6.07) is 14.3. The Balaban J connectivity index is 1.54. The molecule has 27 heavy (non-hydrogen) atoms. The Bertz CT molecular complexity index is 761. The number of piperazine rings is 1. The molecule has 1 aliphatic heterocycles. The minimum atomic E-state index is -0.259. The predicted octanol–water partition coefficient (Wildman–Crippen LogP) is 3.65. The molecule has 0 saturated carbocycles. The third-order valence-corrected chi connectivity index (χ3v) is 4.57. The van der Waals surface area contributed by atoms with Gasteiger partial charge in [0.15, 0.2) is 0 Å². The van der Waals surface area contributed by atoms with Crippen molar-refractivity contribution in [2.45, 2.75) is 20.0 Å². The van der Waals surface area contributed by atoms with Gasteiger partial charge in [-0.1, -0.05) is 25.1 Å². The summed E-state index contributed by atoms with van der Waals surface area (Å²) >= 11 is 0. The molecule has 0 unspecified atom stereocenters. The predicted molar refractivity (Wildman–Crippen MR) is 105 cm³/mol. The van der Waals surface area contributed by atoms with Crippen molar-refractivity contribution in [3.63, 3.8) is 0 Å². The Labute approximate surface area is 159 Å². The molecule has 1 fully saturated rings. The first-order valence-corrected chi connectivity index (χ1v) is 9.40. The van der Waals surface area contributed by atoms with E-state index < -0.39 is 0 Å². The molecule has 5 nitrogen and oxygen atoms in total. The van der Waals surface area contributed by atoms with Crippen molar-refractivity contribution in [3.05, 3.63) is 59.9 Å². The van der Waals surface area contributed by atoms with Gasteiger partial charge in [0.25, 0.3) is 0 Å². The maximum absolute atomic E-state index is 13.3. The number of nitrogens with one attached hydrogen (secondary N) is 1. The van der Waals surface area contributed by atoms with Crippen LogP contribution in [0.3, 0.4) is 0 Å². The van der Waals surface area contributed by atoms with Gasteiger partial charge in [0.2, 0.25) is 0 Å². The van der Waals surface area contributed by atoms with Gasteiger partial charge in [0.1, 0.15) is 18.2 Å². The van der Waals surface area contributed by atoms with Crippen molar-refractivity contribution in [3.8, 4) is 5.75 Å². The van der Waals surface area contributed by atoms with Gasteiger partial charge in [-0.2, -0.15) is 0 Å². The van der Waals surface area contributed by atoms with Crippen molar-refractivity contribution in [1.29, 1.82) is 0 Å². The molecular weight excluding hydrogens is 345 g/mol. The van der Waals surface area contributed by atoms with Crippen LogP contribution in [0.4, 0.5) is 14.9 Å². The second-order valence-corrected chi connectivity index (χ2v) is 6.62. The van der Waals surface area contributed by atoms with Crippen LogP contribution in [0.25, 0.3) is 0 Å². The van der Waals surface area contributed by atoms with Crippen LogP contribution in [0.15, 0.2) is 48.5 Å². The van der Waals surface area contributed by atoms with Crippen molar-refractivity contribution in [1.82, 2.24) is 10.2 Å². The number of ether oxygens (including phenoxy) is 1. The largest absolute Gasteiger partial charge is 0.489 e. The smallest absolute Gasteiger partial charge is 0.317 e. The summed E-state index contributed by atoms with van der Waals surface area (Å²) in [6.45, 7) is 6.05. The lowest BCUT2D eigenvalue weighted by atomic mass is 10.2. The first kappa shape index (κ1) is 19.0. The van der Waals surface area contributed by atoms with Crippen LogP contribution in [0.5, 0.6) is 5.75 Å². The summed E-state index contributed by atoms with van der Waals surface area (Å²) in [5, 5.41) is 2.92. The third-order valence-electron chi connectivity index (χ3n) is 4.57. The van der Waals surface area contributed by atoms with Crippen LogP contribution in [-0.2, 0) is 6.61 Å². The molecule has 0 radical (unpaired) electrons. The molecule has 0 atom stereocenters. The molecular formula is C21H26FN3O2. The number of urea groups is 1. The molecule has 144 valence electrons. The molecule has 3 rings (SSSR count). The molecule has 2 amide bonds. The summed E-state index contributed by atoms with van der Waals surface area (Å²) in [5.74, 6) is 0.491. The summed E-state index contributed by atoms with van der Waals surface area (Å²) in [6.07, 6.45) is 0.939. The van der Waals surface area contributed by atoms with Crippen molar-refractivity contribution >= 4 is 11.7 Å². The molecule has 1 aliphatic rings. The minimum absolute atomic E-state index is 0.0173. The number of carbonyl (C=O) groups is 1. The zero-order chi connectivity index (χ0) is 19.1. The number of hydrogen-bond acceptors (Lipinski definition) is 3. The van der Waals surface area contributed by atoms with Gasteiger partial charge in [0, 0.05) is 44.5 Å². The van der Waals surface area contributed by atoms with E-state index in [2.05, 4.69) is 10.2 Å². The minimum Gasteiger partial charge on any atom is -0.489 e. The Morgan fingerprint density at radius 3 is 2.63 bits per heavy atom. The van der Waals surface area contributed by atoms with Crippen LogP contribution in [0, 0.1) is 5.82 Å². The zero-order valence-electron chi connectivity index (χ0n) is 15.7. The maximum atomic E-state index is 13.3. The van der Waals surface area contributed by atoms with Crippen molar-refractivity contribution in [2.75, 3.05) is 37.6 Å². The average molecular weight is 371 g/mol. The van der Waals surface area contributed by atoms with Crippen LogP contribution in [-0.4, -0.2) is 43.7 Å². The van der Waals surface area contributed by atoms with E-state index in [0.29, 0.717) is 26.2 Å². The molecule has 0 aromatic heterocycles. The normalized spacial score (nSPS) is 14.1. The van der Waals surface area contributed by atoms with E-state index in [4.69, 9.17) is 4.74 Å². The lowest BCUT2D eigenvalue weighted by Gasteiger charge is -2.36. The molecule has 1 N–H and O–H groups in total. The highest BCUT2D eigenvalue weighted by molar-refractivity contribution is 5.74. The number of halogens is 1. The van der Waals surface area contributed by atoms with Crippen molar-refractivity contribution < 1.29 is 13.9 Å². The molecule has 1 saturated heterocycles. The first-order valence-electron chi connectivity index (χ1n) is 9.40. The maximum Gasteiger partial charge on any atom is 0.317 e. The fraction of sp³-hybridized carbons (Fsp3) is 0.381. The molecule has 0 spiro atoms. The number of amides is 2. The summed E-state index contributed by atoms with van der Waals surface area (Å²) < 4.78 is 19.1. The molecule has 0 aliphatic carbocycles. The topological polar surface area (TPSA) is 44.8 Å². The van der Waals surface area contributed by atoms with E-state index in [1.54, 1.807) is 6.07 Å². The number of nitrogens with zero attached hydrogens (tertiary/aromatic N) is 2. The average Bonchev–Trinajstić information content (AvgIpc) is 2.71. The van der Waals surface area contributed by atoms with Gasteiger partial charge < -0.3 is 19.9 Å². The van der Waals surface area contributed by atoms with Crippen molar-refractivity contribution in [2.24, 2.45) is 0 Å². The van der Waals surface area contributed by atoms with E-state index in [0.717, 1.165) is 36.5 Å². The lowest BCUT2D eigenvalue weighted by molar-refractivity contribution is 0.194. The molecule has 0 bridgehead atoms. The highest BCUT2D eigenvalue weighted by Gasteiger charge is 2.21. The molecule has 6 heteroatoms. The number of hydrogen-bond donors (Lipinski definition) is 1.